The fraction of sp³-hybridized carbons (Fsp3) is 0.455. The maximum Gasteiger partial charge on any atom is 0.420 e. The zero-order valence-electron chi connectivity index (χ0n) is 11.2. The van der Waals surface area contributed by atoms with Crippen molar-refractivity contribution in [2.75, 3.05) is 5.73 Å². The van der Waals surface area contributed by atoms with Crippen LogP contribution in [-0.2, 0) is 11.3 Å². The second-order valence-electron chi connectivity index (χ2n) is 4.79. The molecule has 1 aromatic rings. The number of aryl methyl sites for hydroxylation is 1. The van der Waals surface area contributed by atoms with Crippen LogP contribution in [0, 0.1) is 6.92 Å². The molecule has 3 amide bonds. The minimum absolute atomic E-state index is 0.0116. The Morgan fingerprint density at radius 2 is 2.00 bits per heavy atom. The van der Waals surface area contributed by atoms with Crippen LogP contribution in [0.25, 0.3) is 0 Å². The van der Waals surface area contributed by atoms with Gasteiger partial charge in [-0.1, -0.05) is 0 Å². The van der Waals surface area contributed by atoms with Crippen LogP contribution in [-0.4, -0.2) is 38.5 Å². The molecule has 2 heterocycles. The highest BCUT2D eigenvalue weighted by Gasteiger charge is 2.64. The summed E-state index contributed by atoms with van der Waals surface area (Å²) in [5.41, 5.74) is 3.02. The van der Waals surface area contributed by atoms with Crippen LogP contribution < -0.4 is 11.1 Å². The van der Waals surface area contributed by atoms with Crippen molar-refractivity contribution < 1.29 is 22.8 Å². The summed E-state index contributed by atoms with van der Waals surface area (Å²) < 4.78 is 38.7. The Labute approximate surface area is 117 Å². The minimum Gasteiger partial charge on any atom is -0.384 e. The Kier molecular flexibility index (Phi) is 3.27. The summed E-state index contributed by atoms with van der Waals surface area (Å²) in [4.78, 5) is 31.7. The molecule has 1 aliphatic rings. The molecule has 114 valence electrons. The molecule has 10 heteroatoms. The largest absolute Gasteiger partial charge is 0.420 e. The number of carbonyl (C=O) groups excluding carboxylic acids is 2. The first-order valence-corrected chi connectivity index (χ1v) is 5.85. The summed E-state index contributed by atoms with van der Waals surface area (Å²) in [6.45, 7) is 1.73. The van der Waals surface area contributed by atoms with Gasteiger partial charge in [0, 0.05) is 11.8 Å². The lowest BCUT2D eigenvalue weighted by Gasteiger charge is -2.24. The standard InChI is InChI=1S/C11H12F3N5O2/c1-5-3-6(15)17-7(16-5)4-19-8(20)10(2,11(12,13)14)18-9(19)21/h3H,4H2,1-2H3,(H,18,21)(H2,15,16,17). The molecular weight excluding hydrogens is 291 g/mol. The number of carbonyl (C=O) groups is 2. The van der Waals surface area contributed by atoms with Gasteiger partial charge in [0.1, 0.15) is 5.82 Å². The third kappa shape index (κ3) is 2.48. The maximum atomic E-state index is 12.9. The Morgan fingerprint density at radius 1 is 1.38 bits per heavy atom. The molecule has 0 aromatic carbocycles. The van der Waals surface area contributed by atoms with Gasteiger partial charge in [-0.15, -0.1) is 0 Å². The predicted octanol–water partition coefficient (Wildman–Crippen LogP) is 0.740. The zero-order valence-corrected chi connectivity index (χ0v) is 11.2. The fourth-order valence-electron chi connectivity index (χ4n) is 1.90. The molecule has 1 aromatic heterocycles. The van der Waals surface area contributed by atoms with Gasteiger partial charge in [-0.25, -0.2) is 14.8 Å². The fourth-order valence-corrected chi connectivity index (χ4v) is 1.90. The summed E-state index contributed by atoms with van der Waals surface area (Å²) in [6.07, 6.45) is -4.90. The number of nitrogens with two attached hydrogens (primary N) is 1. The van der Waals surface area contributed by atoms with Crippen LogP contribution in [0.2, 0.25) is 0 Å². The number of nitrogens with zero attached hydrogens (tertiary/aromatic N) is 3. The molecule has 1 fully saturated rings. The van der Waals surface area contributed by atoms with Crippen molar-refractivity contribution in [2.24, 2.45) is 0 Å². The number of halogens is 3. The maximum absolute atomic E-state index is 12.9. The molecule has 0 bridgehead atoms. The summed E-state index contributed by atoms with van der Waals surface area (Å²) in [6, 6.07) is 0.304. The highest BCUT2D eigenvalue weighted by atomic mass is 19.4. The SMILES string of the molecule is Cc1cc(N)nc(CN2C(=O)NC(C)(C(F)(F)F)C2=O)n1. The zero-order chi connectivity index (χ0) is 16.0. The lowest BCUT2D eigenvalue weighted by molar-refractivity contribution is -0.191. The monoisotopic (exact) mass is 303 g/mol. The molecule has 7 nitrogen and oxygen atoms in total. The van der Waals surface area contributed by atoms with Gasteiger partial charge >= 0.3 is 12.2 Å². The lowest BCUT2D eigenvalue weighted by atomic mass is 10.0. The first kappa shape index (κ1) is 15.0. The molecule has 1 saturated heterocycles. The molecule has 1 aliphatic heterocycles. The highest BCUT2D eigenvalue weighted by Crippen LogP contribution is 2.35. The van der Waals surface area contributed by atoms with Gasteiger partial charge in [0.2, 0.25) is 5.54 Å². The van der Waals surface area contributed by atoms with Crippen LogP contribution in [0.4, 0.5) is 23.8 Å². The second-order valence-corrected chi connectivity index (χ2v) is 4.79. The van der Waals surface area contributed by atoms with Crippen LogP contribution >= 0.6 is 0 Å². The van der Waals surface area contributed by atoms with Crippen LogP contribution in [0.15, 0.2) is 6.07 Å². The molecule has 2 rings (SSSR count). The van der Waals surface area contributed by atoms with Gasteiger partial charge in [-0.05, 0) is 13.8 Å². The van der Waals surface area contributed by atoms with Gasteiger partial charge < -0.3 is 11.1 Å². The number of imide groups is 1. The number of hydrogen-bond donors (Lipinski definition) is 2. The van der Waals surface area contributed by atoms with E-state index in [1.54, 1.807) is 12.2 Å². The third-order valence-corrected chi connectivity index (χ3v) is 3.06. The first-order chi connectivity index (χ1) is 9.54. The smallest absolute Gasteiger partial charge is 0.384 e. The van der Waals surface area contributed by atoms with Crippen molar-refractivity contribution in [3.63, 3.8) is 0 Å². The van der Waals surface area contributed by atoms with Gasteiger partial charge in [0.05, 0.1) is 6.54 Å². The van der Waals surface area contributed by atoms with E-state index in [-0.39, 0.29) is 11.6 Å². The molecule has 3 N–H and O–H groups in total. The third-order valence-electron chi connectivity index (χ3n) is 3.06. The van der Waals surface area contributed by atoms with E-state index in [1.165, 1.54) is 6.07 Å². The summed E-state index contributed by atoms with van der Waals surface area (Å²) >= 11 is 0. The molecule has 1 unspecified atom stereocenters. The highest BCUT2D eigenvalue weighted by molar-refractivity contribution is 6.07. The number of rotatable bonds is 2. The second kappa shape index (κ2) is 4.57. The van der Waals surface area contributed by atoms with Crippen molar-refractivity contribution in [3.05, 3.63) is 17.6 Å². The van der Waals surface area contributed by atoms with Crippen molar-refractivity contribution in [2.45, 2.75) is 32.1 Å². The van der Waals surface area contributed by atoms with Crippen molar-refractivity contribution in [1.29, 1.82) is 0 Å². The van der Waals surface area contributed by atoms with E-state index >= 15 is 0 Å². The number of urea groups is 1. The Bertz CT molecular complexity index is 598. The van der Waals surface area contributed by atoms with E-state index in [2.05, 4.69) is 9.97 Å². The molecule has 0 spiro atoms. The van der Waals surface area contributed by atoms with Gasteiger partial charge in [0.15, 0.2) is 5.82 Å². The summed E-state index contributed by atoms with van der Waals surface area (Å²) in [5.74, 6) is -1.31. The molecule has 0 aliphatic carbocycles. The number of anilines is 1. The first-order valence-electron chi connectivity index (χ1n) is 5.85. The van der Waals surface area contributed by atoms with E-state index in [9.17, 15) is 22.8 Å². The number of nitrogen functional groups attached to an aromatic ring is 1. The van der Waals surface area contributed by atoms with E-state index in [0.717, 1.165) is 0 Å². The quantitative estimate of drug-likeness (QED) is 0.785. The Morgan fingerprint density at radius 3 is 2.48 bits per heavy atom. The number of amides is 3. The van der Waals surface area contributed by atoms with E-state index in [4.69, 9.17) is 5.73 Å². The summed E-state index contributed by atoms with van der Waals surface area (Å²) in [5, 5.41) is 1.65. The van der Waals surface area contributed by atoms with Crippen molar-refractivity contribution in [3.8, 4) is 0 Å². The van der Waals surface area contributed by atoms with Crippen LogP contribution in [0.5, 0.6) is 0 Å². The van der Waals surface area contributed by atoms with Crippen molar-refractivity contribution in [1.82, 2.24) is 20.2 Å². The Hall–Kier alpha value is -2.39. The van der Waals surface area contributed by atoms with Gasteiger partial charge in [-0.2, -0.15) is 13.2 Å². The molecule has 21 heavy (non-hydrogen) atoms. The Balaban J connectivity index is 2.29. The predicted molar refractivity (Wildman–Crippen MR) is 64.7 cm³/mol. The summed E-state index contributed by atoms with van der Waals surface area (Å²) in [7, 11) is 0. The number of nitrogens with one attached hydrogen (secondary N) is 1. The van der Waals surface area contributed by atoms with E-state index < -0.39 is 30.2 Å². The van der Waals surface area contributed by atoms with E-state index in [1.807, 2.05) is 0 Å². The van der Waals surface area contributed by atoms with E-state index in [0.29, 0.717) is 17.5 Å². The minimum atomic E-state index is -4.90. The average molecular weight is 303 g/mol. The van der Waals surface area contributed by atoms with Gasteiger partial charge in [0.25, 0.3) is 5.91 Å². The van der Waals surface area contributed by atoms with Crippen molar-refractivity contribution >= 4 is 17.8 Å². The normalized spacial score (nSPS) is 22.6. The molecule has 0 radical (unpaired) electrons. The lowest BCUT2D eigenvalue weighted by Crippen LogP contribution is -2.56. The average Bonchev–Trinajstić information content (AvgIpc) is 2.52. The van der Waals surface area contributed by atoms with Crippen LogP contribution in [0.3, 0.4) is 0 Å². The molecule has 1 atom stereocenters. The van der Waals surface area contributed by atoms with Crippen LogP contribution in [0.1, 0.15) is 18.4 Å². The molecular formula is C11H12F3N5O2. The number of hydrogen-bond acceptors (Lipinski definition) is 5. The number of aromatic nitrogens is 2. The number of alkyl halides is 3. The van der Waals surface area contributed by atoms with Gasteiger partial charge in [-0.3, -0.25) is 9.69 Å². The molecule has 0 saturated carbocycles. The topological polar surface area (TPSA) is 101 Å².